The van der Waals surface area contributed by atoms with E-state index in [2.05, 4.69) is 5.32 Å². The third kappa shape index (κ3) is 4.54. The zero-order chi connectivity index (χ0) is 19.1. The maximum Gasteiger partial charge on any atom is 0.335 e. The maximum atomic E-state index is 12.1. The predicted molar refractivity (Wildman–Crippen MR) is 97.2 cm³/mol. The number of amides is 1. The van der Waals surface area contributed by atoms with Crippen LogP contribution < -0.4 is 19.5 Å². The normalized spacial score (nSPS) is 10.4. The molecular formula is C19H19NO6. The molecule has 0 aromatic heterocycles. The zero-order valence-electron chi connectivity index (χ0n) is 14.6. The van der Waals surface area contributed by atoms with Crippen molar-refractivity contribution in [2.24, 2.45) is 0 Å². The molecule has 26 heavy (non-hydrogen) atoms. The lowest BCUT2D eigenvalue weighted by Crippen LogP contribution is -2.08. The summed E-state index contributed by atoms with van der Waals surface area (Å²) < 4.78 is 15.7. The van der Waals surface area contributed by atoms with Gasteiger partial charge in [0, 0.05) is 23.9 Å². The number of carbonyl (C=O) groups excluding carboxylic acids is 1. The van der Waals surface area contributed by atoms with Crippen LogP contribution in [0, 0.1) is 0 Å². The number of carbonyl (C=O) groups is 2. The summed E-state index contributed by atoms with van der Waals surface area (Å²) in [5, 5.41) is 11.6. The van der Waals surface area contributed by atoms with Gasteiger partial charge in [-0.3, -0.25) is 4.79 Å². The number of hydrogen-bond donors (Lipinski definition) is 2. The van der Waals surface area contributed by atoms with Crippen LogP contribution in [0.25, 0.3) is 6.08 Å². The van der Waals surface area contributed by atoms with Crippen LogP contribution in [0.15, 0.2) is 42.5 Å². The van der Waals surface area contributed by atoms with Crippen LogP contribution in [0.5, 0.6) is 17.2 Å². The van der Waals surface area contributed by atoms with E-state index in [0.717, 1.165) is 0 Å². The highest BCUT2D eigenvalue weighted by molar-refractivity contribution is 6.02. The molecule has 2 N–H and O–H groups in total. The minimum Gasteiger partial charge on any atom is -0.493 e. The number of rotatable bonds is 7. The van der Waals surface area contributed by atoms with E-state index in [4.69, 9.17) is 19.3 Å². The number of anilines is 1. The summed E-state index contributed by atoms with van der Waals surface area (Å²) in [6.07, 6.45) is 2.93. The van der Waals surface area contributed by atoms with E-state index in [1.165, 1.54) is 39.5 Å². The van der Waals surface area contributed by atoms with Crippen molar-refractivity contribution in [3.05, 3.63) is 53.6 Å². The molecule has 0 aliphatic carbocycles. The standard InChI is InChI=1S/C19H19NO6/c1-24-15-10-14(11-16(25-2)18(15)26-3)20-17(21)9-6-12-4-7-13(8-5-12)19(22)23/h4-11H,1-3H3,(H,20,21)(H,22,23). The number of carboxylic acid groups (broad SMARTS) is 1. The fourth-order valence-electron chi connectivity index (χ4n) is 2.25. The molecule has 0 aliphatic heterocycles. The number of methoxy groups -OCH3 is 3. The first-order valence-electron chi connectivity index (χ1n) is 7.61. The molecule has 136 valence electrons. The number of benzene rings is 2. The Morgan fingerprint density at radius 2 is 1.54 bits per heavy atom. The Morgan fingerprint density at radius 3 is 2.00 bits per heavy atom. The largest absolute Gasteiger partial charge is 0.493 e. The molecule has 7 heteroatoms. The summed E-state index contributed by atoms with van der Waals surface area (Å²) in [6, 6.07) is 9.42. The van der Waals surface area contributed by atoms with Crippen molar-refractivity contribution in [2.45, 2.75) is 0 Å². The van der Waals surface area contributed by atoms with Crippen LogP contribution in [-0.4, -0.2) is 38.3 Å². The number of ether oxygens (including phenoxy) is 3. The average Bonchev–Trinajstić information content (AvgIpc) is 2.65. The van der Waals surface area contributed by atoms with Crippen molar-refractivity contribution in [3.63, 3.8) is 0 Å². The maximum absolute atomic E-state index is 12.1. The number of nitrogens with one attached hydrogen (secondary N) is 1. The van der Waals surface area contributed by atoms with Gasteiger partial charge in [-0.15, -0.1) is 0 Å². The van der Waals surface area contributed by atoms with E-state index in [1.54, 1.807) is 30.3 Å². The molecule has 2 rings (SSSR count). The van der Waals surface area contributed by atoms with Crippen molar-refractivity contribution in [1.82, 2.24) is 0 Å². The Bertz CT molecular complexity index is 801. The van der Waals surface area contributed by atoms with Gasteiger partial charge in [-0.2, -0.15) is 0 Å². The highest BCUT2D eigenvalue weighted by Gasteiger charge is 2.13. The van der Waals surface area contributed by atoms with Gasteiger partial charge in [0.15, 0.2) is 11.5 Å². The lowest BCUT2D eigenvalue weighted by atomic mass is 10.1. The van der Waals surface area contributed by atoms with Crippen molar-refractivity contribution in [1.29, 1.82) is 0 Å². The summed E-state index contributed by atoms with van der Waals surface area (Å²) in [7, 11) is 4.48. The molecule has 0 bridgehead atoms. The monoisotopic (exact) mass is 357 g/mol. The van der Waals surface area contributed by atoms with Gasteiger partial charge in [0.05, 0.1) is 26.9 Å². The van der Waals surface area contributed by atoms with Crippen LogP contribution in [0.4, 0.5) is 5.69 Å². The summed E-state index contributed by atoms with van der Waals surface area (Å²) in [5.41, 5.74) is 1.37. The molecule has 0 atom stereocenters. The fraction of sp³-hybridized carbons (Fsp3) is 0.158. The zero-order valence-corrected chi connectivity index (χ0v) is 14.6. The summed E-state index contributed by atoms with van der Waals surface area (Å²) in [4.78, 5) is 22.9. The highest BCUT2D eigenvalue weighted by Crippen LogP contribution is 2.39. The fourth-order valence-corrected chi connectivity index (χ4v) is 2.25. The Morgan fingerprint density at radius 1 is 0.962 bits per heavy atom. The van der Waals surface area contributed by atoms with Crippen LogP contribution in [-0.2, 0) is 4.79 Å². The van der Waals surface area contributed by atoms with Crippen LogP contribution in [0.3, 0.4) is 0 Å². The van der Waals surface area contributed by atoms with E-state index in [1.807, 2.05) is 0 Å². The van der Waals surface area contributed by atoms with Gasteiger partial charge in [-0.05, 0) is 23.8 Å². The van der Waals surface area contributed by atoms with Gasteiger partial charge in [0.1, 0.15) is 0 Å². The van der Waals surface area contributed by atoms with Crippen LogP contribution >= 0.6 is 0 Å². The molecule has 0 spiro atoms. The van der Waals surface area contributed by atoms with E-state index in [9.17, 15) is 9.59 Å². The molecule has 0 saturated heterocycles. The molecular weight excluding hydrogens is 338 g/mol. The second-order valence-corrected chi connectivity index (χ2v) is 5.16. The molecule has 2 aromatic rings. The third-order valence-corrected chi connectivity index (χ3v) is 3.52. The van der Waals surface area contributed by atoms with Crippen molar-refractivity contribution in [2.75, 3.05) is 26.6 Å². The van der Waals surface area contributed by atoms with Gasteiger partial charge in [0.2, 0.25) is 11.7 Å². The molecule has 0 saturated carbocycles. The van der Waals surface area contributed by atoms with Gasteiger partial charge < -0.3 is 24.6 Å². The van der Waals surface area contributed by atoms with Gasteiger partial charge in [-0.1, -0.05) is 12.1 Å². The second kappa shape index (κ2) is 8.57. The lowest BCUT2D eigenvalue weighted by molar-refractivity contribution is -0.111. The summed E-state index contributed by atoms with van der Waals surface area (Å²) in [5.74, 6) is -0.0740. The lowest BCUT2D eigenvalue weighted by Gasteiger charge is -2.14. The topological polar surface area (TPSA) is 94.1 Å². The number of aromatic carboxylic acids is 1. The molecule has 0 heterocycles. The first-order chi connectivity index (χ1) is 12.5. The minimum absolute atomic E-state index is 0.184. The molecule has 0 fully saturated rings. The molecule has 0 radical (unpaired) electrons. The second-order valence-electron chi connectivity index (χ2n) is 5.16. The summed E-state index contributed by atoms with van der Waals surface area (Å²) in [6.45, 7) is 0. The quantitative estimate of drug-likeness (QED) is 0.740. The smallest absolute Gasteiger partial charge is 0.335 e. The van der Waals surface area contributed by atoms with Crippen molar-refractivity contribution >= 4 is 23.6 Å². The van der Waals surface area contributed by atoms with Crippen molar-refractivity contribution < 1.29 is 28.9 Å². The van der Waals surface area contributed by atoms with E-state index in [-0.39, 0.29) is 11.5 Å². The van der Waals surface area contributed by atoms with E-state index >= 15 is 0 Å². The van der Waals surface area contributed by atoms with Crippen LogP contribution in [0.1, 0.15) is 15.9 Å². The van der Waals surface area contributed by atoms with Crippen LogP contribution in [0.2, 0.25) is 0 Å². The van der Waals surface area contributed by atoms with Crippen molar-refractivity contribution in [3.8, 4) is 17.2 Å². The highest BCUT2D eigenvalue weighted by atomic mass is 16.5. The summed E-state index contributed by atoms with van der Waals surface area (Å²) >= 11 is 0. The Balaban J connectivity index is 2.13. The van der Waals surface area contributed by atoms with Gasteiger partial charge >= 0.3 is 5.97 Å². The molecule has 2 aromatic carbocycles. The predicted octanol–water partition coefficient (Wildman–Crippen LogP) is 3.06. The Kier molecular flexibility index (Phi) is 6.21. The third-order valence-electron chi connectivity index (χ3n) is 3.52. The Labute approximate surface area is 150 Å². The molecule has 1 amide bonds. The first kappa shape index (κ1) is 18.9. The number of carboxylic acids is 1. The van der Waals surface area contributed by atoms with Gasteiger partial charge in [0.25, 0.3) is 0 Å². The Hall–Kier alpha value is -3.48. The minimum atomic E-state index is -0.999. The van der Waals surface area contributed by atoms with E-state index in [0.29, 0.717) is 28.5 Å². The SMILES string of the molecule is COc1cc(NC(=O)C=Cc2ccc(C(=O)O)cc2)cc(OC)c1OC. The van der Waals surface area contributed by atoms with E-state index < -0.39 is 5.97 Å². The van der Waals surface area contributed by atoms with Gasteiger partial charge in [-0.25, -0.2) is 4.79 Å². The molecule has 0 aliphatic rings. The first-order valence-corrected chi connectivity index (χ1v) is 7.61. The number of hydrogen-bond acceptors (Lipinski definition) is 5. The molecule has 0 unspecified atom stereocenters. The molecule has 7 nitrogen and oxygen atoms in total. The average molecular weight is 357 g/mol.